The Balaban J connectivity index is 3.01. The fraction of sp³-hybridized carbons (Fsp3) is 0.167. The number of hydrogen-bond donors (Lipinski definition) is 2. The molecule has 3 heteroatoms. The summed E-state index contributed by atoms with van der Waals surface area (Å²) in [4.78, 5) is 3.84. The Morgan fingerprint density at radius 2 is 2.44 bits per heavy atom. The third-order valence-corrected chi connectivity index (χ3v) is 1.02. The summed E-state index contributed by atoms with van der Waals surface area (Å²) in [6, 6.07) is 3.26. The number of anilines is 1. The van der Waals surface area contributed by atoms with Crippen molar-refractivity contribution in [3.63, 3.8) is 0 Å². The quantitative estimate of drug-likeness (QED) is 0.582. The first-order valence-electron chi connectivity index (χ1n) is 2.66. The summed E-state index contributed by atoms with van der Waals surface area (Å²) in [6.45, 7) is 0. The second-order valence-corrected chi connectivity index (χ2v) is 1.62. The number of aromatic nitrogens is 1. The van der Waals surface area contributed by atoms with Gasteiger partial charge in [0.15, 0.2) is 11.6 Å². The monoisotopic (exact) mass is 124 g/mol. The molecule has 1 rings (SSSR count). The largest absolute Gasteiger partial charge is 0.504 e. The lowest BCUT2D eigenvalue weighted by molar-refractivity contribution is 0.475. The van der Waals surface area contributed by atoms with Crippen molar-refractivity contribution in [1.82, 2.24) is 4.98 Å². The molecular formula is C6H8N2O. The molecule has 1 aromatic heterocycles. The molecule has 1 heterocycles. The van der Waals surface area contributed by atoms with Crippen LogP contribution in [-0.2, 0) is 0 Å². The molecule has 0 aliphatic rings. The lowest BCUT2D eigenvalue weighted by atomic mass is 10.4. The van der Waals surface area contributed by atoms with Gasteiger partial charge in [-0.05, 0) is 12.1 Å². The third kappa shape index (κ3) is 1.10. The molecule has 0 saturated carbocycles. The van der Waals surface area contributed by atoms with Crippen LogP contribution >= 0.6 is 0 Å². The van der Waals surface area contributed by atoms with Crippen LogP contribution in [0.15, 0.2) is 18.3 Å². The molecule has 0 saturated heterocycles. The maximum absolute atomic E-state index is 8.99. The van der Waals surface area contributed by atoms with Crippen LogP contribution in [0.2, 0.25) is 0 Å². The summed E-state index contributed by atoms with van der Waals surface area (Å²) in [5, 5.41) is 11.7. The summed E-state index contributed by atoms with van der Waals surface area (Å²) < 4.78 is 0. The van der Waals surface area contributed by atoms with Gasteiger partial charge in [0, 0.05) is 13.2 Å². The average molecular weight is 124 g/mol. The van der Waals surface area contributed by atoms with Gasteiger partial charge in [0.1, 0.15) is 0 Å². The van der Waals surface area contributed by atoms with Crippen LogP contribution in [0, 0.1) is 0 Å². The average Bonchev–Trinajstić information content (AvgIpc) is 1.89. The number of pyridine rings is 1. The summed E-state index contributed by atoms with van der Waals surface area (Å²) in [7, 11) is 1.71. The van der Waals surface area contributed by atoms with Gasteiger partial charge in [0.25, 0.3) is 0 Å². The first-order chi connectivity index (χ1) is 4.34. The standard InChI is InChI=1S/C6H8N2O/c1-7-6-5(9)3-2-4-8-6/h2-4,9H,1H3,(H,7,8). The molecule has 0 spiro atoms. The lowest BCUT2D eigenvalue weighted by Gasteiger charge is -1.98. The predicted octanol–water partition coefficient (Wildman–Crippen LogP) is 0.829. The minimum Gasteiger partial charge on any atom is -0.504 e. The number of hydrogen-bond acceptors (Lipinski definition) is 3. The molecule has 0 unspecified atom stereocenters. The Kier molecular flexibility index (Phi) is 1.53. The minimum atomic E-state index is 0.181. The highest BCUT2D eigenvalue weighted by molar-refractivity contribution is 5.47. The van der Waals surface area contributed by atoms with E-state index in [9.17, 15) is 0 Å². The van der Waals surface area contributed by atoms with Crippen LogP contribution in [0.3, 0.4) is 0 Å². The Hall–Kier alpha value is -1.25. The maximum Gasteiger partial charge on any atom is 0.168 e. The third-order valence-electron chi connectivity index (χ3n) is 1.02. The highest BCUT2D eigenvalue weighted by Crippen LogP contribution is 2.16. The molecular weight excluding hydrogens is 116 g/mol. The van der Waals surface area contributed by atoms with Crippen molar-refractivity contribution in [2.45, 2.75) is 0 Å². The topological polar surface area (TPSA) is 45.2 Å². The van der Waals surface area contributed by atoms with Crippen molar-refractivity contribution in [1.29, 1.82) is 0 Å². The Morgan fingerprint density at radius 3 is 2.89 bits per heavy atom. The number of rotatable bonds is 1. The Morgan fingerprint density at radius 1 is 1.67 bits per heavy atom. The Bertz CT molecular complexity index is 200. The van der Waals surface area contributed by atoms with Crippen molar-refractivity contribution >= 4 is 5.82 Å². The van der Waals surface area contributed by atoms with Crippen molar-refractivity contribution in [2.75, 3.05) is 12.4 Å². The highest BCUT2D eigenvalue weighted by atomic mass is 16.3. The molecule has 9 heavy (non-hydrogen) atoms. The molecule has 0 aliphatic carbocycles. The molecule has 0 aromatic carbocycles. The maximum atomic E-state index is 8.99. The molecule has 1 aromatic rings. The van der Waals surface area contributed by atoms with Gasteiger partial charge in [-0.3, -0.25) is 0 Å². The van der Waals surface area contributed by atoms with Crippen molar-refractivity contribution in [3.8, 4) is 5.75 Å². The highest BCUT2D eigenvalue weighted by Gasteiger charge is 1.93. The van der Waals surface area contributed by atoms with Crippen LogP contribution in [0.25, 0.3) is 0 Å². The molecule has 0 radical (unpaired) electrons. The summed E-state index contributed by atoms with van der Waals surface area (Å²) in [5.74, 6) is 0.692. The van der Waals surface area contributed by atoms with Crippen LogP contribution in [0.5, 0.6) is 5.75 Å². The normalized spacial score (nSPS) is 9.00. The van der Waals surface area contributed by atoms with Gasteiger partial charge >= 0.3 is 0 Å². The number of aromatic hydroxyl groups is 1. The molecule has 2 N–H and O–H groups in total. The van der Waals surface area contributed by atoms with E-state index in [0.29, 0.717) is 5.82 Å². The summed E-state index contributed by atoms with van der Waals surface area (Å²) in [6.07, 6.45) is 1.62. The van der Waals surface area contributed by atoms with E-state index in [1.807, 2.05) is 0 Å². The number of nitrogens with zero attached hydrogens (tertiary/aromatic N) is 1. The van der Waals surface area contributed by atoms with Gasteiger partial charge in [-0.25, -0.2) is 4.98 Å². The van der Waals surface area contributed by atoms with Gasteiger partial charge in [-0.1, -0.05) is 0 Å². The van der Waals surface area contributed by atoms with Crippen LogP contribution < -0.4 is 5.32 Å². The zero-order chi connectivity index (χ0) is 6.69. The van der Waals surface area contributed by atoms with E-state index < -0.39 is 0 Å². The second kappa shape index (κ2) is 2.35. The van der Waals surface area contributed by atoms with Crippen LogP contribution in [-0.4, -0.2) is 17.1 Å². The molecule has 0 aliphatic heterocycles. The van der Waals surface area contributed by atoms with Gasteiger partial charge < -0.3 is 10.4 Å². The minimum absolute atomic E-state index is 0.181. The zero-order valence-corrected chi connectivity index (χ0v) is 5.13. The van der Waals surface area contributed by atoms with Crippen LogP contribution in [0.4, 0.5) is 5.82 Å². The molecule has 3 nitrogen and oxygen atoms in total. The molecule has 0 atom stereocenters. The molecule has 48 valence electrons. The van der Waals surface area contributed by atoms with Gasteiger partial charge in [-0.2, -0.15) is 0 Å². The van der Waals surface area contributed by atoms with E-state index in [1.165, 1.54) is 0 Å². The van der Waals surface area contributed by atoms with Crippen molar-refractivity contribution < 1.29 is 5.11 Å². The van der Waals surface area contributed by atoms with Gasteiger partial charge in [0.05, 0.1) is 0 Å². The van der Waals surface area contributed by atoms with Crippen molar-refractivity contribution in [3.05, 3.63) is 18.3 Å². The van der Waals surface area contributed by atoms with E-state index >= 15 is 0 Å². The SMILES string of the molecule is CNc1ncccc1O. The fourth-order valence-electron chi connectivity index (χ4n) is 0.589. The van der Waals surface area contributed by atoms with E-state index in [4.69, 9.17) is 5.11 Å². The predicted molar refractivity (Wildman–Crippen MR) is 35.4 cm³/mol. The van der Waals surface area contributed by atoms with E-state index in [2.05, 4.69) is 10.3 Å². The zero-order valence-electron chi connectivity index (χ0n) is 5.13. The first-order valence-corrected chi connectivity index (χ1v) is 2.66. The number of nitrogens with one attached hydrogen (secondary N) is 1. The molecule has 0 fully saturated rings. The Labute approximate surface area is 53.4 Å². The summed E-state index contributed by atoms with van der Waals surface area (Å²) in [5.41, 5.74) is 0. The lowest BCUT2D eigenvalue weighted by Crippen LogP contribution is -1.90. The first kappa shape index (κ1) is 5.88. The molecule has 0 amide bonds. The smallest absolute Gasteiger partial charge is 0.168 e. The second-order valence-electron chi connectivity index (χ2n) is 1.62. The van der Waals surface area contributed by atoms with Crippen molar-refractivity contribution in [2.24, 2.45) is 0 Å². The summed E-state index contributed by atoms with van der Waals surface area (Å²) >= 11 is 0. The van der Waals surface area contributed by atoms with Crippen LogP contribution in [0.1, 0.15) is 0 Å². The fourth-order valence-corrected chi connectivity index (χ4v) is 0.589. The van der Waals surface area contributed by atoms with E-state index in [1.54, 1.807) is 25.4 Å². The van der Waals surface area contributed by atoms with E-state index in [0.717, 1.165) is 0 Å². The van der Waals surface area contributed by atoms with Gasteiger partial charge in [-0.15, -0.1) is 0 Å². The van der Waals surface area contributed by atoms with Gasteiger partial charge in [0.2, 0.25) is 0 Å². The molecule has 0 bridgehead atoms. The van der Waals surface area contributed by atoms with E-state index in [-0.39, 0.29) is 5.75 Å².